The van der Waals surface area contributed by atoms with Crippen LogP contribution in [0, 0.1) is 26.6 Å². The summed E-state index contributed by atoms with van der Waals surface area (Å²) in [5.41, 5.74) is 12.5. The molecule has 37 nitrogen and oxygen atoms in total. The van der Waals surface area contributed by atoms with Gasteiger partial charge < -0.3 is 57.9 Å². The zero-order chi connectivity index (χ0) is 98.4. The van der Waals surface area contributed by atoms with Crippen molar-refractivity contribution in [1.82, 2.24) is 74.3 Å². The summed E-state index contributed by atoms with van der Waals surface area (Å²) in [4.78, 5) is 78.6. The Balaban J connectivity index is 0.000000126. The highest BCUT2D eigenvalue weighted by molar-refractivity contribution is 7.94. The molecule has 43 heteroatoms. The van der Waals surface area contributed by atoms with Gasteiger partial charge >= 0.3 is 0 Å². The van der Waals surface area contributed by atoms with Crippen molar-refractivity contribution in [2.45, 2.75) is 104 Å². The molecule has 20 rings (SSSR count). The maximum Gasteiger partial charge on any atom is 0.239 e. The van der Waals surface area contributed by atoms with Gasteiger partial charge in [0.1, 0.15) is 46.9 Å². The van der Waals surface area contributed by atoms with Gasteiger partial charge in [0, 0.05) is 229 Å². The van der Waals surface area contributed by atoms with Crippen molar-refractivity contribution in [2.24, 2.45) is 26.8 Å². The van der Waals surface area contributed by atoms with E-state index in [0.717, 1.165) is 129 Å². The van der Waals surface area contributed by atoms with E-state index in [1.54, 1.807) is 105 Å². The predicted octanol–water partition coefficient (Wildman–Crippen LogP) is 14.2. The average molecular weight is 1990 g/mol. The van der Waals surface area contributed by atoms with E-state index in [1.165, 1.54) is 6.07 Å². The Bertz CT molecular complexity index is 7350. The average Bonchev–Trinajstić information content (AvgIpc) is 1.72. The maximum absolute atomic E-state index is 14.2. The van der Waals surface area contributed by atoms with E-state index in [9.17, 15) is 25.4 Å². The quantitative estimate of drug-likeness (QED) is 0.0938. The molecule has 0 radical (unpaired) electrons. The molecule has 1 N–H and O–H groups in total. The van der Waals surface area contributed by atoms with Gasteiger partial charge in [-0.15, -0.1) is 0 Å². The minimum Gasteiger partial charge on any atom is -0.379 e. The number of para-hydroxylation sites is 1. The fourth-order valence-electron chi connectivity index (χ4n) is 16.7. The van der Waals surface area contributed by atoms with Crippen LogP contribution in [0.15, 0.2) is 155 Å². The lowest BCUT2D eigenvalue weighted by Gasteiger charge is -2.34. The van der Waals surface area contributed by atoms with E-state index in [-0.39, 0.29) is 41.3 Å². The zero-order valence-corrected chi connectivity index (χ0v) is 85.4. The van der Waals surface area contributed by atoms with Gasteiger partial charge in [0.2, 0.25) is 5.95 Å². The number of halogens is 1. The molecule has 6 atom stereocenters. The zero-order valence-electron chi connectivity index (χ0n) is 81.3. The fraction of sp³-hybridized carbons (Fsp3) is 0.438. The number of hydrogen-bond donors (Lipinski definition) is 1. The molecular weight excluding hydrogens is 1870 g/mol. The Morgan fingerprint density at radius 3 is 1.38 bits per heavy atom. The van der Waals surface area contributed by atoms with Crippen LogP contribution in [-0.2, 0) is 89.9 Å². The van der Waals surface area contributed by atoms with Crippen molar-refractivity contribution in [3.8, 4) is 51.5 Å². The summed E-state index contributed by atoms with van der Waals surface area (Å²) in [5.74, 6) is 8.06. The SMILES string of the molecule is C[C@@H]1COCCN1c1cc(N=S(C)(C)=O)nc(-c2cccc3c2N=CC3)n1.C[C@@H]1COCCN1c1cc(N=[S@](C)(=O)C2COC2)nc(-c2cncc3c2C=CC3)n1.Cc1cc2c(-c3nc(N=S(C)(C)=O)cc(N4CCOC[C@H]4C)n3)ccnc2[nH]1.Cc1cc2ncn(-c3nc(N=S(C)(C)=O)cc(N4CCOC[C@H]4C)n3)c2cc1F.Cc1cccc(-c2nc(N=S(C)(C)=O)cc(N3CCOC[C@H]3C)n2)c1. The number of rotatable bonds is 16. The van der Waals surface area contributed by atoms with E-state index in [2.05, 4.69) is 142 Å². The molecule has 6 fully saturated rings. The molecule has 139 heavy (non-hydrogen) atoms. The van der Waals surface area contributed by atoms with Crippen molar-refractivity contribution in [1.29, 1.82) is 0 Å². The Morgan fingerprint density at radius 1 is 0.439 bits per heavy atom. The molecule has 0 amide bonds. The number of fused-ring (bicyclic) bond motifs is 4. The monoisotopic (exact) mass is 1990 g/mol. The highest BCUT2D eigenvalue weighted by atomic mass is 32.2. The maximum atomic E-state index is 14.2. The number of hydrogen-bond acceptors (Lipinski definition) is 35. The molecule has 0 bridgehead atoms. The molecule has 0 unspecified atom stereocenters. The summed E-state index contributed by atoms with van der Waals surface area (Å²) in [6.07, 6.45) is 29.2. The number of nitrogens with one attached hydrogen (secondary N) is 1. The van der Waals surface area contributed by atoms with Gasteiger partial charge in [0.05, 0.1) is 141 Å². The summed E-state index contributed by atoms with van der Waals surface area (Å²) in [6.45, 7) is 27.2. The van der Waals surface area contributed by atoms with E-state index in [4.69, 9.17) is 53.3 Å². The van der Waals surface area contributed by atoms with Crippen molar-refractivity contribution < 1.29 is 53.9 Å². The van der Waals surface area contributed by atoms with Gasteiger partial charge in [-0.05, 0) is 114 Å². The standard InChI is InChI=1S/C21H25N5O3S.C19H23FN6O2S.C19H24N6O2S.C19H23N5O2S.C18H24N4O2S/c1-14-11-28-7-6-26(14)20-8-19(25-30(2,27)16-12-29-13-16)23-21(24-20)18-10-22-9-15-4-3-5-17(15)18;1-12-7-15-16(8-14(12)20)26(11-21-15)19-22-17(24-29(3,4)27)9-18(23-19)25-5-6-28-10-13(25)2;1-12-9-15-14(5-6-20-18(15)21-12)19-22-16(24-28(3,4)26)10-17(23-19)25-7-8-27-11-13(25)2;1-13-12-26-10-9-24(13)17-11-16(23-27(2,3)25)21-19(22-17)15-6-4-5-14-7-8-20-18(14)15;1-13-6-5-7-15(10-13)18-19-16(21-25(3,4)23)11-17(20-18)22-8-9-24-12-14(22)2/h3,5,8-10,14,16H,4,6-7,11-13H2,1-2H3;7-9,11,13H,5-6,10H2,1-4H3;5-6,9-10,13H,7-8,11H2,1-4H3,(H,20,21);4-6,8,11,13H,7,9-10,12H2,1-3H3;5-7,10-11,14H,8-9,12H2,1-4H3/t14-,30-;3*13-;14-/m11111/s1. The first-order valence-corrected chi connectivity index (χ1v) is 57.1. The molecule has 3 aromatic carbocycles. The number of H-pyrrole nitrogens is 1. The molecule has 8 aliphatic rings. The first-order valence-electron chi connectivity index (χ1n) is 45.8. The number of aliphatic imine (C=N–C) groups is 1. The first-order chi connectivity index (χ1) is 66.2. The lowest BCUT2D eigenvalue weighted by atomic mass is 10.1. The number of aromatic amines is 1. The van der Waals surface area contributed by atoms with Gasteiger partial charge in [0.25, 0.3) is 0 Å². The van der Waals surface area contributed by atoms with E-state index in [1.807, 2.05) is 99.9 Å². The number of benzene rings is 3. The largest absolute Gasteiger partial charge is 0.379 e. The normalized spacial score (nSPS) is 19.3. The van der Waals surface area contributed by atoms with E-state index >= 15 is 0 Å². The lowest BCUT2D eigenvalue weighted by molar-refractivity contribution is 0.0431. The summed E-state index contributed by atoms with van der Waals surface area (Å²) >= 11 is 0. The van der Waals surface area contributed by atoms with Gasteiger partial charge in [0.15, 0.2) is 52.4 Å². The first kappa shape index (κ1) is 100. The van der Waals surface area contributed by atoms with E-state index in [0.29, 0.717) is 167 Å². The molecule has 12 aromatic rings. The van der Waals surface area contributed by atoms with Crippen molar-refractivity contribution in [3.63, 3.8) is 0 Å². The third-order valence-corrected chi connectivity index (χ3v) is 28.2. The van der Waals surface area contributed by atoms with Crippen LogP contribution in [-0.4, -0.2) is 305 Å². The van der Waals surface area contributed by atoms with Gasteiger partial charge in [-0.1, -0.05) is 48.0 Å². The molecule has 736 valence electrons. The summed E-state index contributed by atoms with van der Waals surface area (Å²) in [7, 11) is -11.9. The van der Waals surface area contributed by atoms with Crippen LogP contribution in [0.3, 0.4) is 0 Å². The number of aryl methyl sites for hydroxylation is 3. The second kappa shape index (κ2) is 42.7. The summed E-state index contributed by atoms with van der Waals surface area (Å²) in [6, 6.07) is 31.0. The Morgan fingerprint density at radius 2 is 0.899 bits per heavy atom. The van der Waals surface area contributed by atoms with Crippen molar-refractivity contribution >= 4 is 147 Å². The number of aromatic nitrogens is 15. The molecule has 1 aliphatic carbocycles. The van der Waals surface area contributed by atoms with Crippen LogP contribution in [0.2, 0.25) is 0 Å². The van der Waals surface area contributed by atoms with Crippen LogP contribution in [0.25, 0.3) is 79.6 Å². The summed E-state index contributed by atoms with van der Waals surface area (Å²) < 4.78 is 133. The Labute approximate surface area is 811 Å². The van der Waals surface area contributed by atoms with Crippen LogP contribution in [0.1, 0.15) is 68.1 Å². The van der Waals surface area contributed by atoms with E-state index < -0.39 is 48.6 Å². The minimum absolute atomic E-state index is 0.0627. The number of anilines is 5. The van der Waals surface area contributed by atoms with Crippen LogP contribution < -0.4 is 24.5 Å². The number of morpholine rings is 5. The van der Waals surface area contributed by atoms with Gasteiger partial charge in [-0.3, -0.25) is 14.5 Å². The summed E-state index contributed by atoms with van der Waals surface area (Å²) in [5, 5.41) is 0.888. The second-order valence-corrected chi connectivity index (χ2v) is 49.4. The third kappa shape index (κ3) is 25.3. The van der Waals surface area contributed by atoms with Crippen molar-refractivity contribution in [2.75, 3.05) is 193 Å². The molecule has 6 saturated heterocycles. The van der Waals surface area contributed by atoms with Crippen LogP contribution in [0.5, 0.6) is 0 Å². The number of allylic oxidation sites excluding steroid dienone is 1. The topological polar surface area (TPSA) is 419 Å². The van der Waals surface area contributed by atoms with Gasteiger partial charge in [-0.2, -0.15) is 31.8 Å². The molecule has 16 heterocycles. The number of pyridine rings is 2. The highest BCUT2D eigenvalue weighted by Gasteiger charge is 2.33. The second-order valence-electron chi connectivity index (χ2n) is 36.6. The molecule has 0 spiro atoms. The van der Waals surface area contributed by atoms with Gasteiger partial charge in [-0.25, -0.2) is 75.3 Å². The minimum atomic E-state index is -2.46. The number of ether oxygens (including phenoxy) is 6. The number of nitrogens with zero attached hydrogens (tertiary/aromatic N) is 25. The van der Waals surface area contributed by atoms with Crippen molar-refractivity contribution in [3.05, 3.63) is 167 Å². The molecule has 9 aromatic heterocycles. The third-order valence-electron chi connectivity index (χ3n) is 23.6. The Kier molecular flexibility index (Phi) is 30.8. The van der Waals surface area contributed by atoms with Crippen LogP contribution in [0.4, 0.5) is 68.3 Å². The molecule has 0 saturated carbocycles. The smallest absolute Gasteiger partial charge is 0.239 e. The fourth-order valence-corrected chi connectivity index (χ4v) is 20.2. The Hall–Kier alpha value is -11.8. The van der Waals surface area contributed by atoms with Crippen LogP contribution >= 0.6 is 0 Å². The predicted molar refractivity (Wildman–Crippen MR) is 550 cm³/mol. The molecular formula is C96H119FN26O11S5. The molecule has 7 aliphatic heterocycles. The highest BCUT2D eigenvalue weighted by Crippen LogP contribution is 2.40. The number of imidazole rings is 1. The lowest BCUT2D eigenvalue weighted by Crippen LogP contribution is -2.44.